The van der Waals surface area contributed by atoms with Crippen molar-refractivity contribution in [3.8, 4) is 0 Å². The Hall–Kier alpha value is -1.65. The second kappa shape index (κ2) is 3.25. The zero-order chi connectivity index (χ0) is 10.1. The standard InChI is InChI=1S/C9H10N2O3/c12-8-4-5-10-7-3-1-2-6(9(13)14)11(7)8/h4-6H,1-3H2,(H,13,14). The van der Waals surface area contributed by atoms with Gasteiger partial charge in [-0.15, -0.1) is 0 Å². The second-order valence-corrected chi connectivity index (χ2v) is 3.32. The molecule has 2 rings (SSSR count). The molecule has 0 saturated carbocycles. The summed E-state index contributed by atoms with van der Waals surface area (Å²) in [6.07, 6.45) is 3.39. The monoisotopic (exact) mass is 194 g/mol. The summed E-state index contributed by atoms with van der Waals surface area (Å²) in [5.41, 5.74) is -0.276. The number of aromatic nitrogens is 2. The van der Waals surface area contributed by atoms with Crippen molar-refractivity contribution in [3.05, 3.63) is 28.4 Å². The first kappa shape index (κ1) is 8.93. The Kier molecular flexibility index (Phi) is 2.07. The Labute approximate surface area is 80.0 Å². The molecule has 74 valence electrons. The van der Waals surface area contributed by atoms with E-state index >= 15 is 0 Å². The number of hydrogen-bond acceptors (Lipinski definition) is 3. The topological polar surface area (TPSA) is 72.2 Å². The maximum Gasteiger partial charge on any atom is 0.326 e. The van der Waals surface area contributed by atoms with Crippen molar-refractivity contribution in [2.45, 2.75) is 25.3 Å². The number of carboxylic acids is 1. The van der Waals surface area contributed by atoms with Crippen LogP contribution >= 0.6 is 0 Å². The van der Waals surface area contributed by atoms with Crippen LogP contribution in [-0.2, 0) is 11.2 Å². The molecule has 0 spiro atoms. The summed E-state index contributed by atoms with van der Waals surface area (Å²) in [5.74, 6) is -0.378. The lowest BCUT2D eigenvalue weighted by molar-refractivity contribution is -0.141. The maximum atomic E-state index is 11.4. The first-order valence-electron chi connectivity index (χ1n) is 4.49. The van der Waals surface area contributed by atoms with E-state index in [0.29, 0.717) is 18.7 Å². The van der Waals surface area contributed by atoms with E-state index in [9.17, 15) is 9.59 Å². The summed E-state index contributed by atoms with van der Waals surface area (Å²) in [6.45, 7) is 0. The van der Waals surface area contributed by atoms with Gasteiger partial charge in [-0.2, -0.15) is 0 Å². The Morgan fingerprint density at radius 3 is 3.14 bits per heavy atom. The van der Waals surface area contributed by atoms with Crippen molar-refractivity contribution in [1.82, 2.24) is 9.55 Å². The predicted molar refractivity (Wildman–Crippen MR) is 48.1 cm³/mol. The highest BCUT2D eigenvalue weighted by atomic mass is 16.4. The van der Waals surface area contributed by atoms with Crippen LogP contribution in [0.3, 0.4) is 0 Å². The zero-order valence-electron chi connectivity index (χ0n) is 7.51. The highest BCUT2D eigenvalue weighted by Crippen LogP contribution is 2.20. The van der Waals surface area contributed by atoms with E-state index in [1.807, 2.05) is 0 Å². The Balaban J connectivity index is 2.58. The molecule has 1 aliphatic rings. The average molecular weight is 194 g/mol. The molecule has 1 aromatic heterocycles. The third kappa shape index (κ3) is 1.30. The van der Waals surface area contributed by atoms with Crippen molar-refractivity contribution in [2.24, 2.45) is 0 Å². The van der Waals surface area contributed by atoms with Crippen LogP contribution < -0.4 is 5.56 Å². The summed E-state index contributed by atoms with van der Waals surface area (Å²) in [6, 6.07) is 0.560. The van der Waals surface area contributed by atoms with Gasteiger partial charge in [0.2, 0.25) is 0 Å². The molecule has 5 nitrogen and oxygen atoms in total. The average Bonchev–Trinajstić information content (AvgIpc) is 2.17. The van der Waals surface area contributed by atoms with Crippen LogP contribution in [0, 0.1) is 0 Å². The van der Waals surface area contributed by atoms with Gasteiger partial charge >= 0.3 is 5.97 Å². The number of hydrogen-bond donors (Lipinski definition) is 1. The quantitative estimate of drug-likeness (QED) is 0.693. The molecule has 1 unspecified atom stereocenters. The molecule has 0 fully saturated rings. The van der Waals surface area contributed by atoms with E-state index in [1.165, 1.54) is 16.8 Å². The first-order valence-corrected chi connectivity index (χ1v) is 4.49. The lowest BCUT2D eigenvalue weighted by atomic mass is 10.0. The lowest BCUT2D eigenvalue weighted by Crippen LogP contribution is -2.35. The van der Waals surface area contributed by atoms with Gasteiger partial charge in [-0.3, -0.25) is 9.36 Å². The molecule has 0 saturated heterocycles. The third-order valence-corrected chi connectivity index (χ3v) is 2.43. The van der Waals surface area contributed by atoms with E-state index < -0.39 is 12.0 Å². The summed E-state index contributed by atoms with van der Waals surface area (Å²) in [4.78, 5) is 26.3. The smallest absolute Gasteiger partial charge is 0.326 e. The fourth-order valence-corrected chi connectivity index (χ4v) is 1.79. The summed E-state index contributed by atoms with van der Waals surface area (Å²) >= 11 is 0. The summed E-state index contributed by atoms with van der Waals surface area (Å²) in [7, 11) is 0. The molecule has 0 bridgehead atoms. The zero-order valence-corrected chi connectivity index (χ0v) is 7.51. The van der Waals surface area contributed by atoms with Gasteiger partial charge in [0.1, 0.15) is 11.9 Å². The fourth-order valence-electron chi connectivity index (χ4n) is 1.79. The molecule has 5 heteroatoms. The van der Waals surface area contributed by atoms with Crippen molar-refractivity contribution >= 4 is 5.97 Å². The number of rotatable bonds is 1. The molecule has 14 heavy (non-hydrogen) atoms. The molecule has 1 atom stereocenters. The van der Waals surface area contributed by atoms with Crippen molar-refractivity contribution in [1.29, 1.82) is 0 Å². The van der Waals surface area contributed by atoms with Crippen molar-refractivity contribution < 1.29 is 9.90 Å². The fraction of sp³-hybridized carbons (Fsp3) is 0.444. The molecule has 0 aromatic carbocycles. The van der Waals surface area contributed by atoms with E-state index in [4.69, 9.17) is 5.11 Å². The van der Waals surface area contributed by atoms with Crippen LogP contribution in [0.2, 0.25) is 0 Å². The van der Waals surface area contributed by atoms with E-state index in [0.717, 1.165) is 6.42 Å². The van der Waals surface area contributed by atoms with Gasteiger partial charge in [0.15, 0.2) is 0 Å². The van der Waals surface area contributed by atoms with Crippen LogP contribution in [-0.4, -0.2) is 20.6 Å². The third-order valence-electron chi connectivity index (χ3n) is 2.43. The van der Waals surface area contributed by atoms with Crippen LogP contribution in [0.5, 0.6) is 0 Å². The second-order valence-electron chi connectivity index (χ2n) is 3.32. The minimum atomic E-state index is -0.957. The van der Waals surface area contributed by atoms with Crippen molar-refractivity contribution in [3.63, 3.8) is 0 Å². The van der Waals surface area contributed by atoms with Gasteiger partial charge in [-0.25, -0.2) is 9.78 Å². The van der Waals surface area contributed by atoms with Gasteiger partial charge in [0, 0.05) is 18.7 Å². The van der Waals surface area contributed by atoms with Gasteiger partial charge < -0.3 is 5.11 Å². The van der Waals surface area contributed by atoms with Crippen LogP contribution in [0.4, 0.5) is 0 Å². The molecule has 0 radical (unpaired) electrons. The number of fused-ring (bicyclic) bond motifs is 1. The SMILES string of the molecule is O=C(O)C1CCCc2nccc(=O)n21. The highest BCUT2D eigenvalue weighted by molar-refractivity contribution is 5.72. The van der Waals surface area contributed by atoms with Crippen molar-refractivity contribution in [2.75, 3.05) is 0 Å². The minimum absolute atomic E-state index is 0.276. The van der Waals surface area contributed by atoms with Gasteiger partial charge in [0.25, 0.3) is 5.56 Å². The van der Waals surface area contributed by atoms with Gasteiger partial charge in [0.05, 0.1) is 0 Å². The molecule has 0 aliphatic carbocycles. The number of aryl methyl sites for hydroxylation is 1. The van der Waals surface area contributed by atoms with E-state index in [2.05, 4.69) is 4.98 Å². The van der Waals surface area contributed by atoms with E-state index in [1.54, 1.807) is 0 Å². The van der Waals surface area contributed by atoms with Crippen LogP contribution in [0.25, 0.3) is 0 Å². The number of carbonyl (C=O) groups is 1. The predicted octanol–water partition coefficient (Wildman–Crippen LogP) is 0.205. The molecular weight excluding hydrogens is 184 g/mol. The molecule has 2 heterocycles. The van der Waals surface area contributed by atoms with Gasteiger partial charge in [-0.05, 0) is 12.8 Å². The Morgan fingerprint density at radius 2 is 2.43 bits per heavy atom. The molecular formula is C9H10N2O3. The lowest BCUT2D eigenvalue weighted by Gasteiger charge is -2.23. The largest absolute Gasteiger partial charge is 0.480 e. The molecule has 1 N–H and O–H groups in total. The number of aliphatic carboxylic acids is 1. The highest BCUT2D eigenvalue weighted by Gasteiger charge is 2.26. The van der Waals surface area contributed by atoms with Gasteiger partial charge in [-0.1, -0.05) is 0 Å². The molecule has 0 amide bonds. The Bertz CT molecular complexity index is 424. The summed E-state index contributed by atoms with van der Waals surface area (Å²) < 4.78 is 1.28. The van der Waals surface area contributed by atoms with E-state index in [-0.39, 0.29) is 5.56 Å². The Morgan fingerprint density at radius 1 is 1.64 bits per heavy atom. The minimum Gasteiger partial charge on any atom is -0.480 e. The number of carboxylic acid groups (broad SMARTS) is 1. The molecule has 1 aromatic rings. The molecule has 1 aliphatic heterocycles. The first-order chi connectivity index (χ1) is 6.70. The number of nitrogens with zero attached hydrogens (tertiary/aromatic N) is 2. The normalized spacial score (nSPS) is 20.1. The maximum absolute atomic E-state index is 11.4. The van der Waals surface area contributed by atoms with Crippen LogP contribution in [0.15, 0.2) is 17.1 Å². The van der Waals surface area contributed by atoms with Crippen LogP contribution in [0.1, 0.15) is 24.7 Å². The summed E-state index contributed by atoms with van der Waals surface area (Å²) in [5, 5.41) is 8.92.